The number of anilines is 2. The van der Waals surface area contributed by atoms with Gasteiger partial charge >= 0.3 is 0 Å². The van der Waals surface area contributed by atoms with Crippen molar-refractivity contribution < 1.29 is 4.79 Å². The van der Waals surface area contributed by atoms with Crippen molar-refractivity contribution in [2.75, 3.05) is 11.1 Å². The van der Waals surface area contributed by atoms with E-state index in [1.807, 2.05) is 22.8 Å². The molecule has 0 bridgehead atoms. The number of nitrogens with one attached hydrogen (secondary N) is 1. The van der Waals surface area contributed by atoms with Crippen molar-refractivity contribution in [1.82, 2.24) is 4.57 Å². The van der Waals surface area contributed by atoms with Crippen LogP contribution in [0.25, 0.3) is 0 Å². The number of aromatic nitrogens is 1. The van der Waals surface area contributed by atoms with Gasteiger partial charge in [0.2, 0.25) is 0 Å². The van der Waals surface area contributed by atoms with Crippen molar-refractivity contribution in [3.63, 3.8) is 0 Å². The molecule has 0 aliphatic carbocycles. The van der Waals surface area contributed by atoms with Gasteiger partial charge in [0.1, 0.15) is 5.69 Å². The molecule has 21 heavy (non-hydrogen) atoms. The smallest absolute Gasteiger partial charge is 0.272 e. The van der Waals surface area contributed by atoms with Gasteiger partial charge in [-0.1, -0.05) is 29.8 Å². The van der Waals surface area contributed by atoms with E-state index in [1.165, 1.54) is 0 Å². The molecule has 1 amide bonds. The highest BCUT2D eigenvalue weighted by atomic mass is 79.9. The molecule has 2 aromatic rings. The zero-order valence-electron chi connectivity index (χ0n) is 12.3. The molecule has 1 heterocycles. The van der Waals surface area contributed by atoms with Gasteiger partial charge in [0.25, 0.3) is 5.91 Å². The summed E-state index contributed by atoms with van der Waals surface area (Å²) in [5, 5.41) is 2.98. The second-order valence-electron chi connectivity index (χ2n) is 4.96. The van der Waals surface area contributed by atoms with Crippen LogP contribution in [-0.2, 0) is 13.0 Å². The molecule has 1 aromatic carbocycles. The number of rotatable bonds is 5. The summed E-state index contributed by atoms with van der Waals surface area (Å²) in [5.74, 6) is -0.128. The first-order valence-electron chi connectivity index (χ1n) is 7.10. The molecule has 0 atom stereocenters. The summed E-state index contributed by atoms with van der Waals surface area (Å²) in [6.45, 7) is 4.91. The summed E-state index contributed by atoms with van der Waals surface area (Å²) < 4.78 is 2.91. The lowest BCUT2D eigenvalue weighted by molar-refractivity contribution is 0.101. The maximum Gasteiger partial charge on any atom is 0.272 e. The highest BCUT2D eigenvalue weighted by Gasteiger charge is 2.14. The van der Waals surface area contributed by atoms with Crippen molar-refractivity contribution in [3.8, 4) is 0 Å². The van der Waals surface area contributed by atoms with Crippen LogP contribution in [-0.4, -0.2) is 10.5 Å². The molecule has 2 rings (SSSR count). The van der Waals surface area contributed by atoms with Crippen LogP contribution in [0.1, 0.15) is 36.3 Å². The number of carbonyl (C=O) groups is 1. The molecule has 5 heteroatoms. The molecule has 0 spiro atoms. The Hall–Kier alpha value is -1.75. The standard InChI is InChI=1S/C16H20BrN3O/c1-3-7-20-10-13(18)9-15(20)16(21)19-14-6-5-12(17)8-11(14)4-2/h5-6,8-10H,3-4,7,18H2,1-2H3,(H,19,21). The zero-order valence-corrected chi connectivity index (χ0v) is 13.9. The first-order valence-corrected chi connectivity index (χ1v) is 7.89. The lowest BCUT2D eigenvalue weighted by atomic mass is 10.1. The summed E-state index contributed by atoms with van der Waals surface area (Å²) in [6.07, 6.45) is 3.61. The minimum absolute atomic E-state index is 0.128. The molecule has 3 N–H and O–H groups in total. The average Bonchev–Trinajstić information content (AvgIpc) is 2.82. The minimum Gasteiger partial charge on any atom is -0.397 e. The number of carbonyl (C=O) groups excluding carboxylic acids is 1. The summed E-state index contributed by atoms with van der Waals surface area (Å²) >= 11 is 3.45. The second-order valence-corrected chi connectivity index (χ2v) is 5.88. The zero-order chi connectivity index (χ0) is 15.4. The van der Waals surface area contributed by atoms with Crippen molar-refractivity contribution in [1.29, 1.82) is 0 Å². The minimum atomic E-state index is -0.128. The topological polar surface area (TPSA) is 60.0 Å². The Morgan fingerprint density at radius 2 is 2.10 bits per heavy atom. The van der Waals surface area contributed by atoms with Crippen LogP contribution in [0.2, 0.25) is 0 Å². The molecule has 0 saturated carbocycles. The largest absolute Gasteiger partial charge is 0.397 e. The van der Waals surface area contributed by atoms with Gasteiger partial charge in [-0.05, 0) is 42.7 Å². The summed E-state index contributed by atoms with van der Waals surface area (Å²) in [5.41, 5.74) is 8.96. The third-order valence-electron chi connectivity index (χ3n) is 3.31. The fourth-order valence-electron chi connectivity index (χ4n) is 2.31. The SMILES string of the molecule is CCCn1cc(N)cc1C(=O)Nc1ccc(Br)cc1CC. The summed E-state index contributed by atoms with van der Waals surface area (Å²) in [6, 6.07) is 7.58. The number of amides is 1. The normalized spacial score (nSPS) is 10.6. The third kappa shape index (κ3) is 3.67. The Kier molecular flexibility index (Phi) is 5.07. The van der Waals surface area contributed by atoms with Gasteiger partial charge in [-0.3, -0.25) is 4.79 Å². The van der Waals surface area contributed by atoms with Crippen LogP contribution >= 0.6 is 15.9 Å². The van der Waals surface area contributed by atoms with Gasteiger partial charge in [-0.25, -0.2) is 0 Å². The van der Waals surface area contributed by atoms with Gasteiger partial charge in [0.05, 0.1) is 5.69 Å². The number of nitrogens with zero attached hydrogens (tertiary/aromatic N) is 1. The van der Waals surface area contributed by atoms with E-state index >= 15 is 0 Å². The van der Waals surface area contributed by atoms with Crippen molar-refractivity contribution in [2.24, 2.45) is 0 Å². The molecule has 0 radical (unpaired) electrons. The quantitative estimate of drug-likeness (QED) is 0.854. The number of halogens is 1. The Balaban J connectivity index is 2.26. The first-order chi connectivity index (χ1) is 10.0. The second kappa shape index (κ2) is 6.80. The fourth-order valence-corrected chi connectivity index (χ4v) is 2.72. The molecule has 0 aliphatic rings. The van der Waals surface area contributed by atoms with Gasteiger partial charge in [-0.2, -0.15) is 0 Å². The van der Waals surface area contributed by atoms with Gasteiger partial charge in [0, 0.05) is 22.9 Å². The number of hydrogen-bond donors (Lipinski definition) is 2. The van der Waals surface area contributed by atoms with Crippen LogP contribution < -0.4 is 11.1 Å². The third-order valence-corrected chi connectivity index (χ3v) is 3.80. The monoisotopic (exact) mass is 349 g/mol. The molecule has 112 valence electrons. The number of nitrogens with two attached hydrogens (primary N) is 1. The molecule has 0 saturated heterocycles. The van der Waals surface area contributed by atoms with E-state index < -0.39 is 0 Å². The van der Waals surface area contributed by atoms with E-state index in [2.05, 4.69) is 35.1 Å². The molecular weight excluding hydrogens is 330 g/mol. The number of benzene rings is 1. The van der Waals surface area contributed by atoms with Crippen molar-refractivity contribution in [3.05, 3.63) is 46.2 Å². The van der Waals surface area contributed by atoms with Crippen LogP contribution in [0.4, 0.5) is 11.4 Å². The Morgan fingerprint density at radius 1 is 1.33 bits per heavy atom. The van der Waals surface area contributed by atoms with Crippen molar-refractivity contribution >= 4 is 33.2 Å². The van der Waals surface area contributed by atoms with Gasteiger partial charge in [-0.15, -0.1) is 0 Å². The molecule has 4 nitrogen and oxygen atoms in total. The molecule has 0 unspecified atom stereocenters. The maximum atomic E-state index is 12.5. The number of nitrogen functional groups attached to an aromatic ring is 1. The Morgan fingerprint density at radius 3 is 2.76 bits per heavy atom. The molecule has 0 aliphatic heterocycles. The predicted octanol–water partition coefficient (Wildman–Crippen LogP) is 4.06. The number of aryl methyl sites for hydroxylation is 2. The lowest BCUT2D eigenvalue weighted by Gasteiger charge is -2.12. The van der Waals surface area contributed by atoms with Crippen LogP contribution in [0.3, 0.4) is 0 Å². The summed E-state index contributed by atoms with van der Waals surface area (Å²) in [4.78, 5) is 12.5. The highest BCUT2D eigenvalue weighted by molar-refractivity contribution is 9.10. The van der Waals surface area contributed by atoms with E-state index in [0.717, 1.165) is 35.1 Å². The highest BCUT2D eigenvalue weighted by Crippen LogP contribution is 2.22. The molecule has 1 aromatic heterocycles. The van der Waals surface area contributed by atoms with E-state index in [9.17, 15) is 4.79 Å². The average molecular weight is 350 g/mol. The van der Waals surface area contributed by atoms with Crippen molar-refractivity contribution in [2.45, 2.75) is 33.2 Å². The van der Waals surface area contributed by atoms with Gasteiger partial charge < -0.3 is 15.6 Å². The van der Waals surface area contributed by atoms with E-state index in [4.69, 9.17) is 5.73 Å². The van der Waals surface area contributed by atoms with Crippen LogP contribution in [0, 0.1) is 0 Å². The summed E-state index contributed by atoms with van der Waals surface area (Å²) in [7, 11) is 0. The van der Waals surface area contributed by atoms with Crippen LogP contribution in [0.15, 0.2) is 34.9 Å². The van der Waals surface area contributed by atoms with Crippen LogP contribution in [0.5, 0.6) is 0 Å². The van der Waals surface area contributed by atoms with Gasteiger partial charge in [0.15, 0.2) is 0 Å². The fraction of sp³-hybridized carbons (Fsp3) is 0.312. The van der Waals surface area contributed by atoms with E-state index in [0.29, 0.717) is 11.4 Å². The molecular formula is C16H20BrN3O. The Bertz CT molecular complexity index is 649. The maximum absolute atomic E-state index is 12.5. The Labute approximate surface area is 133 Å². The van der Waals surface area contributed by atoms with E-state index in [-0.39, 0.29) is 5.91 Å². The lowest BCUT2D eigenvalue weighted by Crippen LogP contribution is -2.17. The predicted molar refractivity (Wildman–Crippen MR) is 90.6 cm³/mol. The molecule has 0 fully saturated rings. The van der Waals surface area contributed by atoms with E-state index in [1.54, 1.807) is 12.3 Å². The first kappa shape index (κ1) is 15.6. The number of hydrogen-bond acceptors (Lipinski definition) is 2.